The molecule has 0 amide bonds. The Bertz CT molecular complexity index is 1510. The number of H-pyrrole nitrogens is 1. The third-order valence-corrected chi connectivity index (χ3v) is 7.69. The fourth-order valence-electron chi connectivity index (χ4n) is 5.39. The molecular formula is C32H34N6. The minimum Gasteiger partial charge on any atom is -0.386 e. The minimum absolute atomic E-state index is 0.471. The molecule has 0 unspecified atom stereocenters. The smallest absolute Gasteiger partial charge is 0.135 e. The van der Waals surface area contributed by atoms with E-state index in [1.54, 1.807) is 6.20 Å². The van der Waals surface area contributed by atoms with Crippen molar-refractivity contribution < 1.29 is 0 Å². The normalized spacial score (nSPS) is 16.7. The third-order valence-electron chi connectivity index (χ3n) is 7.69. The highest BCUT2D eigenvalue weighted by atomic mass is 15.1. The van der Waals surface area contributed by atoms with E-state index in [9.17, 15) is 0 Å². The number of hydrogen-bond donors (Lipinski definition) is 3. The van der Waals surface area contributed by atoms with Crippen LogP contribution in [0.5, 0.6) is 0 Å². The van der Waals surface area contributed by atoms with Crippen molar-refractivity contribution in [3.8, 4) is 11.3 Å². The number of hydrogen-bond acceptors (Lipinski definition) is 5. The number of pyridine rings is 1. The van der Waals surface area contributed by atoms with Crippen LogP contribution in [0, 0.1) is 5.92 Å². The summed E-state index contributed by atoms with van der Waals surface area (Å²) in [7, 11) is 0. The van der Waals surface area contributed by atoms with E-state index in [1.807, 2.05) is 30.5 Å². The van der Waals surface area contributed by atoms with Gasteiger partial charge in [-0.05, 0) is 67.5 Å². The molecule has 0 radical (unpaired) electrons. The van der Waals surface area contributed by atoms with Gasteiger partial charge in [0.05, 0.1) is 10.9 Å². The van der Waals surface area contributed by atoms with Gasteiger partial charge in [-0.1, -0.05) is 56.3 Å². The average molecular weight is 503 g/mol. The predicted octanol–water partition coefficient (Wildman–Crippen LogP) is 7.11. The van der Waals surface area contributed by atoms with E-state index in [4.69, 9.17) is 5.73 Å². The van der Waals surface area contributed by atoms with E-state index >= 15 is 0 Å². The van der Waals surface area contributed by atoms with Crippen LogP contribution in [0.15, 0.2) is 85.8 Å². The standard InChI is InChI=1S/C22H17N5.C10H17N/c1-14-18-13-16(21-20-19(25-26-21)9-11-24-22(20)23)8-7-15(18)10-12-27(14)17-5-3-2-4-6-17;1-8(9-6-7-9)11-10-4-2-3-5-10/h2-13H,1H2,(H2,23,24)(H,25,26);9-11H,1-7H2. The highest BCUT2D eigenvalue weighted by molar-refractivity contribution is 6.00. The van der Waals surface area contributed by atoms with Crippen LogP contribution in [-0.2, 0) is 0 Å². The zero-order valence-corrected chi connectivity index (χ0v) is 21.7. The van der Waals surface area contributed by atoms with E-state index < -0.39 is 0 Å². The van der Waals surface area contributed by atoms with Crippen molar-refractivity contribution in [2.75, 3.05) is 10.6 Å². The molecule has 2 saturated carbocycles. The summed E-state index contributed by atoms with van der Waals surface area (Å²) < 4.78 is 0. The molecule has 1 aliphatic heterocycles. The molecule has 0 bridgehead atoms. The molecule has 0 atom stereocenters. The summed E-state index contributed by atoms with van der Waals surface area (Å²) in [6.07, 6.45) is 14.1. The molecule has 2 aromatic carbocycles. The summed E-state index contributed by atoms with van der Waals surface area (Å²) in [5.74, 6) is 1.30. The van der Waals surface area contributed by atoms with Crippen molar-refractivity contribution in [1.82, 2.24) is 20.5 Å². The molecule has 2 fully saturated rings. The largest absolute Gasteiger partial charge is 0.386 e. The second-order valence-electron chi connectivity index (χ2n) is 10.4. The topological polar surface area (TPSA) is 82.9 Å². The second-order valence-corrected chi connectivity index (χ2v) is 10.4. The first-order valence-electron chi connectivity index (χ1n) is 13.5. The van der Waals surface area contributed by atoms with Gasteiger partial charge in [-0.2, -0.15) is 5.10 Å². The van der Waals surface area contributed by atoms with E-state index in [-0.39, 0.29) is 0 Å². The van der Waals surface area contributed by atoms with Crippen LogP contribution < -0.4 is 16.0 Å². The maximum Gasteiger partial charge on any atom is 0.135 e. The molecule has 6 heteroatoms. The molecular weight excluding hydrogens is 468 g/mol. The van der Waals surface area contributed by atoms with Crippen molar-refractivity contribution in [3.63, 3.8) is 0 Å². The molecule has 6 nitrogen and oxygen atoms in total. The third kappa shape index (κ3) is 4.82. The molecule has 7 rings (SSSR count). The first-order chi connectivity index (χ1) is 18.6. The van der Waals surface area contributed by atoms with Gasteiger partial charge >= 0.3 is 0 Å². The monoisotopic (exact) mass is 502 g/mol. The van der Waals surface area contributed by atoms with E-state index in [2.05, 4.69) is 75.0 Å². The quantitative estimate of drug-likeness (QED) is 0.271. The first-order valence-corrected chi connectivity index (χ1v) is 13.5. The molecule has 0 saturated heterocycles. The Labute approximate surface area is 224 Å². The van der Waals surface area contributed by atoms with Crippen LogP contribution in [-0.4, -0.2) is 21.2 Å². The number of nitrogens with zero attached hydrogens (tertiary/aromatic N) is 3. The van der Waals surface area contributed by atoms with Gasteiger partial charge in [0.15, 0.2) is 0 Å². The van der Waals surface area contributed by atoms with E-state index in [1.165, 1.54) is 44.2 Å². The first kappa shape index (κ1) is 24.0. The van der Waals surface area contributed by atoms with Crippen LogP contribution in [0.25, 0.3) is 33.9 Å². The molecule has 3 aliphatic rings. The molecule has 38 heavy (non-hydrogen) atoms. The van der Waals surface area contributed by atoms with Crippen LogP contribution in [0.1, 0.15) is 49.7 Å². The Kier molecular flexibility index (Phi) is 6.46. The molecule has 0 spiro atoms. The van der Waals surface area contributed by atoms with Gasteiger partial charge in [-0.15, -0.1) is 0 Å². The fraction of sp³-hybridized carbons (Fsp3) is 0.250. The van der Waals surface area contributed by atoms with Crippen molar-refractivity contribution in [2.24, 2.45) is 5.92 Å². The molecule has 192 valence electrons. The minimum atomic E-state index is 0.471. The molecule has 2 aliphatic carbocycles. The molecule has 2 aromatic heterocycles. The maximum absolute atomic E-state index is 6.09. The van der Waals surface area contributed by atoms with Gasteiger partial charge in [-0.25, -0.2) is 4.98 Å². The van der Waals surface area contributed by atoms with Gasteiger partial charge in [0, 0.05) is 46.6 Å². The lowest BCUT2D eigenvalue weighted by Gasteiger charge is -2.28. The molecule has 4 aromatic rings. The van der Waals surface area contributed by atoms with Gasteiger partial charge in [0.25, 0.3) is 0 Å². The van der Waals surface area contributed by atoms with Gasteiger partial charge in [-0.3, -0.25) is 5.10 Å². The summed E-state index contributed by atoms with van der Waals surface area (Å²) in [6, 6.07) is 19.1. The Morgan fingerprint density at radius 2 is 1.82 bits per heavy atom. The SMILES string of the molecule is C=C(NC1CCCC1)C1CC1.C=C1c2cc(-c3n[nH]c4ccnc(N)c34)ccc2C=CN1c1ccccc1. The molecule has 4 N–H and O–H groups in total. The summed E-state index contributed by atoms with van der Waals surface area (Å²) in [5.41, 5.74) is 14.3. The zero-order chi connectivity index (χ0) is 26.1. The highest BCUT2D eigenvalue weighted by Gasteiger charge is 2.26. The number of nitrogens with two attached hydrogens (primary N) is 1. The number of nitrogen functional groups attached to an aromatic ring is 1. The number of para-hydroxylation sites is 1. The summed E-state index contributed by atoms with van der Waals surface area (Å²) in [6.45, 7) is 8.39. The average Bonchev–Trinajstić information content (AvgIpc) is 3.50. The van der Waals surface area contributed by atoms with Gasteiger partial charge < -0.3 is 16.0 Å². The van der Waals surface area contributed by atoms with E-state index in [0.717, 1.165) is 56.6 Å². The number of allylic oxidation sites excluding steroid dienone is 1. The Balaban J connectivity index is 0.000000200. The number of anilines is 2. The maximum atomic E-state index is 6.09. The molecule has 3 heterocycles. The van der Waals surface area contributed by atoms with Crippen molar-refractivity contribution in [1.29, 1.82) is 0 Å². The van der Waals surface area contributed by atoms with Crippen LogP contribution in [0.3, 0.4) is 0 Å². The Morgan fingerprint density at radius 1 is 1.03 bits per heavy atom. The lowest BCUT2D eigenvalue weighted by atomic mass is 9.96. The van der Waals surface area contributed by atoms with Crippen molar-refractivity contribution >= 4 is 34.2 Å². The van der Waals surface area contributed by atoms with E-state index in [0.29, 0.717) is 5.82 Å². The summed E-state index contributed by atoms with van der Waals surface area (Å²) >= 11 is 0. The van der Waals surface area contributed by atoms with Crippen LogP contribution >= 0.6 is 0 Å². The number of fused-ring (bicyclic) bond motifs is 2. The van der Waals surface area contributed by atoms with Crippen LogP contribution in [0.2, 0.25) is 0 Å². The number of aromatic nitrogens is 3. The van der Waals surface area contributed by atoms with Crippen molar-refractivity contribution in [2.45, 2.75) is 44.6 Å². The van der Waals surface area contributed by atoms with Gasteiger partial charge in [0.2, 0.25) is 0 Å². The summed E-state index contributed by atoms with van der Waals surface area (Å²) in [5, 5.41) is 11.9. The number of aromatic amines is 1. The Morgan fingerprint density at radius 3 is 2.58 bits per heavy atom. The number of nitrogens with one attached hydrogen (secondary N) is 2. The fourth-order valence-corrected chi connectivity index (χ4v) is 5.39. The zero-order valence-electron chi connectivity index (χ0n) is 21.7. The highest BCUT2D eigenvalue weighted by Crippen LogP contribution is 2.37. The Hall–Kier alpha value is -4.32. The number of rotatable bonds is 5. The summed E-state index contributed by atoms with van der Waals surface area (Å²) in [4.78, 5) is 6.29. The lowest BCUT2D eigenvalue weighted by Crippen LogP contribution is -2.25. The van der Waals surface area contributed by atoms with Crippen LogP contribution in [0.4, 0.5) is 11.5 Å². The second kappa shape index (κ2) is 10.2. The number of benzene rings is 2. The van der Waals surface area contributed by atoms with Gasteiger partial charge in [0.1, 0.15) is 11.5 Å². The van der Waals surface area contributed by atoms with Crippen molar-refractivity contribution in [3.05, 3.63) is 97.0 Å². The lowest BCUT2D eigenvalue weighted by molar-refractivity contribution is 0.565. The predicted molar refractivity (Wildman–Crippen MR) is 158 cm³/mol.